The first kappa shape index (κ1) is 11.0. The zero-order valence-electron chi connectivity index (χ0n) is 10.6. The Kier molecular flexibility index (Phi) is 2.58. The highest BCUT2D eigenvalue weighted by molar-refractivity contribution is 5.99. The molecule has 2 aliphatic rings. The molecule has 1 aromatic heterocycles. The fraction of sp³-hybridized carbons (Fsp3) is 0.643. The van der Waals surface area contributed by atoms with Crippen molar-refractivity contribution >= 4 is 5.78 Å². The minimum Gasteiger partial charge on any atom is -0.362 e. The Bertz CT molecular complexity index is 429. The number of fused-ring (bicyclic) bond motifs is 2. The van der Waals surface area contributed by atoms with E-state index in [2.05, 4.69) is 9.88 Å². The number of hydrogen-bond donors (Lipinski definition) is 1. The van der Waals surface area contributed by atoms with Gasteiger partial charge in [-0.1, -0.05) is 0 Å². The van der Waals surface area contributed by atoms with Crippen molar-refractivity contribution in [2.24, 2.45) is 0 Å². The highest BCUT2D eigenvalue weighted by Gasteiger charge is 2.40. The summed E-state index contributed by atoms with van der Waals surface area (Å²) in [6.45, 7) is 4.61. The van der Waals surface area contributed by atoms with Crippen LogP contribution in [0.1, 0.15) is 47.4 Å². The van der Waals surface area contributed by atoms with Gasteiger partial charge in [0.25, 0.3) is 0 Å². The molecule has 2 aliphatic heterocycles. The van der Waals surface area contributed by atoms with Gasteiger partial charge >= 0.3 is 0 Å². The van der Waals surface area contributed by atoms with Gasteiger partial charge in [-0.15, -0.1) is 0 Å². The van der Waals surface area contributed by atoms with E-state index in [4.69, 9.17) is 0 Å². The predicted molar refractivity (Wildman–Crippen MR) is 67.3 cm³/mol. The van der Waals surface area contributed by atoms with Crippen molar-refractivity contribution in [2.75, 3.05) is 6.54 Å². The lowest BCUT2D eigenvalue weighted by atomic mass is 10.0. The molecular weight excluding hydrogens is 212 g/mol. The van der Waals surface area contributed by atoms with E-state index < -0.39 is 0 Å². The number of nitrogens with zero attached hydrogens (tertiary/aromatic N) is 1. The Balaban J connectivity index is 1.74. The number of nitrogens with one attached hydrogen (secondary N) is 1. The number of aromatic amines is 1. The molecule has 0 aromatic carbocycles. The van der Waals surface area contributed by atoms with Gasteiger partial charge < -0.3 is 4.98 Å². The number of hydrogen-bond acceptors (Lipinski definition) is 2. The molecule has 92 valence electrons. The van der Waals surface area contributed by atoms with E-state index >= 15 is 0 Å². The molecule has 1 N–H and O–H groups in total. The van der Waals surface area contributed by atoms with Crippen molar-refractivity contribution in [1.82, 2.24) is 9.88 Å². The second-order valence-electron chi connectivity index (χ2n) is 5.55. The second-order valence-corrected chi connectivity index (χ2v) is 5.55. The Hall–Kier alpha value is -1.09. The highest BCUT2D eigenvalue weighted by Crippen LogP contribution is 2.37. The Morgan fingerprint density at radius 1 is 1.29 bits per heavy atom. The first-order valence-corrected chi connectivity index (χ1v) is 6.60. The highest BCUT2D eigenvalue weighted by atomic mass is 16.1. The molecule has 2 saturated heterocycles. The van der Waals surface area contributed by atoms with Crippen LogP contribution < -0.4 is 0 Å². The van der Waals surface area contributed by atoms with Gasteiger partial charge in [-0.3, -0.25) is 9.69 Å². The maximum Gasteiger partial charge on any atom is 0.178 e. The van der Waals surface area contributed by atoms with Gasteiger partial charge in [-0.2, -0.15) is 0 Å². The van der Waals surface area contributed by atoms with Gasteiger partial charge in [0.1, 0.15) is 0 Å². The summed E-state index contributed by atoms with van der Waals surface area (Å²) in [4.78, 5) is 17.9. The summed E-state index contributed by atoms with van der Waals surface area (Å²) in [6.07, 6.45) is 5.18. The molecule has 17 heavy (non-hydrogen) atoms. The minimum absolute atomic E-state index is 0.283. The number of rotatable bonds is 3. The predicted octanol–water partition coefficient (Wildman–Crippen LogP) is 2.44. The maximum atomic E-state index is 12.3. The lowest BCUT2D eigenvalue weighted by molar-refractivity contribution is 0.0917. The van der Waals surface area contributed by atoms with Gasteiger partial charge in [0.2, 0.25) is 0 Å². The number of aromatic nitrogens is 1. The molecule has 0 amide bonds. The normalized spacial score (nSPS) is 27.9. The van der Waals surface area contributed by atoms with Crippen LogP contribution in [0.2, 0.25) is 0 Å². The molecular formula is C14H20N2O. The Labute approximate surface area is 102 Å². The second kappa shape index (κ2) is 3.98. The molecule has 0 unspecified atom stereocenters. The summed E-state index contributed by atoms with van der Waals surface area (Å²) in [7, 11) is 0. The van der Waals surface area contributed by atoms with Crippen molar-refractivity contribution in [1.29, 1.82) is 0 Å². The van der Waals surface area contributed by atoms with E-state index in [9.17, 15) is 4.79 Å². The van der Waals surface area contributed by atoms with Crippen molar-refractivity contribution < 1.29 is 4.79 Å². The van der Waals surface area contributed by atoms with Crippen molar-refractivity contribution in [3.05, 3.63) is 23.0 Å². The summed E-state index contributed by atoms with van der Waals surface area (Å²) in [5.74, 6) is 0.283. The SMILES string of the molecule is Cc1cc(C(=O)CN2C3CCC2CC3)c(C)[nH]1. The lowest BCUT2D eigenvalue weighted by Crippen LogP contribution is -2.34. The van der Waals surface area contributed by atoms with E-state index in [1.165, 1.54) is 25.7 Å². The average molecular weight is 232 g/mol. The van der Waals surface area contributed by atoms with Gasteiger partial charge in [0.05, 0.1) is 6.54 Å². The summed E-state index contributed by atoms with van der Waals surface area (Å²) < 4.78 is 0. The van der Waals surface area contributed by atoms with Gasteiger partial charge in [-0.25, -0.2) is 0 Å². The molecule has 3 rings (SSSR count). The third-order valence-electron chi connectivity index (χ3n) is 4.38. The van der Waals surface area contributed by atoms with E-state index in [1.54, 1.807) is 0 Å². The van der Waals surface area contributed by atoms with Crippen LogP contribution in [0.4, 0.5) is 0 Å². The largest absolute Gasteiger partial charge is 0.362 e. The molecule has 3 heterocycles. The lowest BCUT2D eigenvalue weighted by Gasteiger charge is -2.20. The standard InChI is InChI=1S/C14H20N2O/c1-9-7-13(10(2)15-9)14(17)8-16-11-3-4-12(16)6-5-11/h7,11-12,15H,3-6,8H2,1-2H3. The smallest absolute Gasteiger partial charge is 0.178 e. The van der Waals surface area contributed by atoms with Gasteiger partial charge in [0.15, 0.2) is 5.78 Å². The molecule has 0 spiro atoms. The molecule has 0 atom stereocenters. The fourth-order valence-corrected chi connectivity index (χ4v) is 3.54. The zero-order chi connectivity index (χ0) is 12.0. The molecule has 3 nitrogen and oxygen atoms in total. The van der Waals surface area contributed by atoms with Crippen molar-refractivity contribution in [3.63, 3.8) is 0 Å². The third-order valence-corrected chi connectivity index (χ3v) is 4.38. The summed E-state index contributed by atoms with van der Waals surface area (Å²) in [5, 5.41) is 0. The van der Waals surface area contributed by atoms with Gasteiger partial charge in [-0.05, 0) is 45.6 Å². The van der Waals surface area contributed by atoms with E-state index in [1.807, 2.05) is 19.9 Å². The number of carbonyl (C=O) groups excluding carboxylic acids is 1. The van der Waals surface area contributed by atoms with Crippen LogP contribution in [0, 0.1) is 13.8 Å². The molecule has 0 aliphatic carbocycles. The zero-order valence-corrected chi connectivity index (χ0v) is 10.6. The molecule has 0 radical (unpaired) electrons. The number of aryl methyl sites for hydroxylation is 2. The average Bonchev–Trinajstić information content (AvgIpc) is 2.94. The van der Waals surface area contributed by atoms with Crippen LogP contribution in [-0.2, 0) is 0 Å². The van der Waals surface area contributed by atoms with Crippen LogP contribution in [0.25, 0.3) is 0 Å². The quantitative estimate of drug-likeness (QED) is 0.813. The van der Waals surface area contributed by atoms with Crippen LogP contribution in [-0.4, -0.2) is 34.3 Å². The molecule has 1 aromatic rings. The number of carbonyl (C=O) groups is 1. The third kappa shape index (κ3) is 1.82. The van der Waals surface area contributed by atoms with Crippen LogP contribution in [0.3, 0.4) is 0 Å². The summed E-state index contributed by atoms with van der Waals surface area (Å²) in [6, 6.07) is 3.35. The fourth-order valence-electron chi connectivity index (χ4n) is 3.54. The first-order chi connectivity index (χ1) is 8.15. The number of ketones is 1. The molecule has 3 heteroatoms. The molecule has 0 saturated carbocycles. The first-order valence-electron chi connectivity index (χ1n) is 6.60. The Morgan fingerprint density at radius 3 is 2.35 bits per heavy atom. The van der Waals surface area contributed by atoms with Crippen LogP contribution in [0.15, 0.2) is 6.07 Å². The number of H-pyrrole nitrogens is 1. The Morgan fingerprint density at radius 2 is 1.88 bits per heavy atom. The van der Waals surface area contributed by atoms with Crippen molar-refractivity contribution in [3.8, 4) is 0 Å². The van der Waals surface area contributed by atoms with Crippen molar-refractivity contribution in [2.45, 2.75) is 51.6 Å². The summed E-state index contributed by atoms with van der Waals surface area (Å²) in [5.41, 5.74) is 2.98. The molecule has 2 fully saturated rings. The molecule has 2 bridgehead atoms. The van der Waals surface area contributed by atoms with E-state index in [0.29, 0.717) is 18.6 Å². The summed E-state index contributed by atoms with van der Waals surface area (Å²) >= 11 is 0. The van der Waals surface area contributed by atoms with Crippen LogP contribution >= 0.6 is 0 Å². The minimum atomic E-state index is 0.283. The topological polar surface area (TPSA) is 36.1 Å². The monoisotopic (exact) mass is 232 g/mol. The van der Waals surface area contributed by atoms with Gasteiger partial charge in [0, 0.05) is 29.0 Å². The van der Waals surface area contributed by atoms with Crippen LogP contribution in [0.5, 0.6) is 0 Å². The maximum absolute atomic E-state index is 12.3. The number of Topliss-reactive ketones (excluding diaryl/α,β-unsaturated/α-hetero) is 1. The van der Waals surface area contributed by atoms with E-state index in [-0.39, 0.29) is 5.78 Å². The van der Waals surface area contributed by atoms with E-state index in [0.717, 1.165) is 17.0 Å².